The molecule has 6 N–H and O–H groups in total. The number of aromatic amines is 1. The van der Waals surface area contributed by atoms with E-state index in [1.165, 1.54) is 12.5 Å². The highest BCUT2D eigenvalue weighted by atomic mass is 35.5. The van der Waals surface area contributed by atoms with E-state index in [-0.39, 0.29) is 22.4 Å². The summed E-state index contributed by atoms with van der Waals surface area (Å²) < 4.78 is 0. The van der Waals surface area contributed by atoms with Gasteiger partial charge in [-0.15, -0.1) is 0 Å². The first kappa shape index (κ1) is 16.8. The summed E-state index contributed by atoms with van der Waals surface area (Å²) in [5.74, 6) is -0.640. The second-order valence-corrected chi connectivity index (χ2v) is 6.07. The van der Waals surface area contributed by atoms with Crippen LogP contribution in [0.25, 0.3) is 0 Å². The molecule has 2 aromatic heterocycles. The summed E-state index contributed by atoms with van der Waals surface area (Å²) in [6.07, 6.45) is 1.87. The van der Waals surface area contributed by atoms with Crippen molar-refractivity contribution in [2.24, 2.45) is 5.73 Å². The fraction of sp³-hybridized carbons (Fsp3) is 0.0625. The number of carbonyl (C=O) groups excluding carboxylic acids is 1. The standard InChI is InChI=1S/C16H13ClN8O2/c17-12-10(13(18)22-6-21-12)15-23-7-3-1-2-4-8(7)25(15)9-5-20-16(27)24-11(9)14(19)26/h1-6,15,23H,(H2,19,26)(H2,18,21,22)(H,20,24,27). The minimum atomic E-state index is -0.809. The van der Waals surface area contributed by atoms with E-state index < -0.39 is 17.8 Å². The fourth-order valence-corrected chi connectivity index (χ4v) is 3.27. The Labute approximate surface area is 157 Å². The number of hydrogen-bond acceptors (Lipinski definition) is 8. The van der Waals surface area contributed by atoms with E-state index in [1.807, 2.05) is 24.3 Å². The molecule has 0 bridgehead atoms. The number of aromatic nitrogens is 4. The third-order valence-electron chi connectivity index (χ3n) is 4.15. The summed E-state index contributed by atoms with van der Waals surface area (Å²) in [5, 5.41) is 3.42. The molecule has 0 spiro atoms. The van der Waals surface area contributed by atoms with Gasteiger partial charge >= 0.3 is 5.69 Å². The number of hydrogen-bond donors (Lipinski definition) is 4. The molecule has 3 heterocycles. The molecule has 1 aliphatic heterocycles. The molecule has 136 valence electrons. The molecule has 1 amide bonds. The molecule has 3 aromatic rings. The van der Waals surface area contributed by atoms with Crippen LogP contribution < -0.4 is 27.4 Å². The lowest BCUT2D eigenvalue weighted by Crippen LogP contribution is -2.30. The third kappa shape index (κ3) is 2.72. The predicted molar refractivity (Wildman–Crippen MR) is 99.8 cm³/mol. The van der Waals surface area contributed by atoms with Crippen molar-refractivity contribution in [3.8, 4) is 0 Å². The van der Waals surface area contributed by atoms with Crippen molar-refractivity contribution in [1.82, 2.24) is 19.9 Å². The van der Waals surface area contributed by atoms with Gasteiger partial charge in [0.25, 0.3) is 5.91 Å². The molecule has 0 aliphatic carbocycles. The molecule has 11 heteroatoms. The number of amides is 1. The van der Waals surface area contributed by atoms with Crippen molar-refractivity contribution in [2.75, 3.05) is 16.0 Å². The maximum absolute atomic E-state index is 11.9. The Balaban J connectivity index is 1.98. The van der Waals surface area contributed by atoms with Crippen LogP contribution >= 0.6 is 11.6 Å². The van der Waals surface area contributed by atoms with E-state index in [0.29, 0.717) is 11.3 Å². The molecule has 1 atom stereocenters. The highest BCUT2D eigenvalue weighted by Gasteiger charge is 2.36. The Morgan fingerprint density at radius 2 is 1.96 bits per heavy atom. The molecule has 0 saturated carbocycles. The Morgan fingerprint density at radius 3 is 2.70 bits per heavy atom. The van der Waals surface area contributed by atoms with Gasteiger partial charge in [-0.1, -0.05) is 23.7 Å². The number of H-pyrrole nitrogens is 1. The van der Waals surface area contributed by atoms with Gasteiger partial charge in [0.2, 0.25) is 0 Å². The Morgan fingerprint density at radius 1 is 1.19 bits per heavy atom. The number of benzene rings is 1. The van der Waals surface area contributed by atoms with Gasteiger partial charge in [0.15, 0.2) is 0 Å². The maximum Gasteiger partial charge on any atom is 0.345 e. The first-order valence-corrected chi connectivity index (χ1v) is 8.15. The van der Waals surface area contributed by atoms with Crippen molar-refractivity contribution in [1.29, 1.82) is 0 Å². The zero-order valence-corrected chi connectivity index (χ0v) is 14.4. The number of nitrogens with zero attached hydrogens (tertiary/aromatic N) is 4. The largest absolute Gasteiger partial charge is 0.383 e. The summed E-state index contributed by atoms with van der Waals surface area (Å²) in [6.45, 7) is 0. The van der Waals surface area contributed by atoms with E-state index >= 15 is 0 Å². The molecule has 0 fully saturated rings. The molecule has 10 nitrogen and oxygen atoms in total. The average molecular weight is 385 g/mol. The van der Waals surface area contributed by atoms with Crippen LogP contribution in [0.5, 0.6) is 0 Å². The van der Waals surface area contributed by atoms with Gasteiger partial charge in [0, 0.05) is 0 Å². The number of fused-ring (bicyclic) bond motifs is 1. The molecular formula is C16H13ClN8O2. The van der Waals surface area contributed by atoms with Gasteiger partial charge < -0.3 is 21.7 Å². The number of nitrogens with one attached hydrogen (secondary N) is 2. The Hall–Kier alpha value is -3.66. The van der Waals surface area contributed by atoms with E-state index in [2.05, 4.69) is 25.3 Å². The van der Waals surface area contributed by atoms with Crippen molar-refractivity contribution >= 4 is 40.4 Å². The number of nitrogens with two attached hydrogens (primary N) is 2. The molecule has 4 rings (SSSR count). The SMILES string of the molecule is NC(=O)c1[nH]c(=O)ncc1N1c2ccccc2NC1c1c(N)ncnc1Cl. The second kappa shape index (κ2) is 6.25. The monoisotopic (exact) mass is 384 g/mol. The molecule has 1 aromatic carbocycles. The van der Waals surface area contributed by atoms with E-state index in [0.717, 1.165) is 5.69 Å². The maximum atomic E-state index is 11.9. The van der Waals surface area contributed by atoms with Crippen LogP contribution in [-0.2, 0) is 0 Å². The summed E-state index contributed by atoms with van der Waals surface area (Å²) in [5.41, 5.74) is 12.9. The van der Waals surface area contributed by atoms with Crippen LogP contribution in [0.3, 0.4) is 0 Å². The summed E-state index contributed by atoms with van der Waals surface area (Å²) in [6, 6.07) is 7.34. The number of carbonyl (C=O) groups is 1. The van der Waals surface area contributed by atoms with Crippen molar-refractivity contribution in [2.45, 2.75) is 6.17 Å². The van der Waals surface area contributed by atoms with Gasteiger partial charge in [-0.3, -0.25) is 9.78 Å². The number of nitrogen functional groups attached to an aromatic ring is 1. The first-order chi connectivity index (χ1) is 13.0. The van der Waals surface area contributed by atoms with E-state index in [9.17, 15) is 9.59 Å². The van der Waals surface area contributed by atoms with Gasteiger partial charge in [-0.25, -0.2) is 14.8 Å². The van der Waals surface area contributed by atoms with Gasteiger partial charge in [-0.05, 0) is 12.1 Å². The van der Waals surface area contributed by atoms with E-state index in [4.69, 9.17) is 23.1 Å². The van der Waals surface area contributed by atoms with Crippen LogP contribution in [0.15, 0.2) is 41.6 Å². The predicted octanol–water partition coefficient (Wildman–Crippen LogP) is 1.16. The normalized spacial score (nSPS) is 15.3. The Bertz CT molecular complexity index is 1100. The number of anilines is 4. The number of halogens is 1. The lowest BCUT2D eigenvalue weighted by Gasteiger charge is -2.28. The highest BCUT2D eigenvalue weighted by molar-refractivity contribution is 6.30. The fourth-order valence-electron chi connectivity index (χ4n) is 3.02. The first-order valence-electron chi connectivity index (χ1n) is 7.77. The number of rotatable bonds is 3. The van der Waals surface area contributed by atoms with Crippen LogP contribution in [0.4, 0.5) is 22.9 Å². The van der Waals surface area contributed by atoms with Crippen LogP contribution in [0, 0.1) is 0 Å². The topological polar surface area (TPSA) is 156 Å². The van der Waals surface area contributed by atoms with E-state index in [1.54, 1.807) is 4.90 Å². The number of para-hydroxylation sites is 2. The minimum absolute atomic E-state index is 0.0925. The van der Waals surface area contributed by atoms with Gasteiger partial charge in [-0.2, -0.15) is 4.98 Å². The molecule has 1 aliphatic rings. The van der Waals surface area contributed by atoms with Crippen LogP contribution in [0.1, 0.15) is 22.2 Å². The quantitative estimate of drug-likeness (QED) is 0.490. The van der Waals surface area contributed by atoms with Crippen molar-refractivity contribution in [3.05, 3.63) is 63.7 Å². The average Bonchev–Trinajstić information content (AvgIpc) is 3.00. The van der Waals surface area contributed by atoms with Crippen LogP contribution in [-0.4, -0.2) is 25.8 Å². The lowest BCUT2D eigenvalue weighted by molar-refractivity contribution is 0.0995. The Kier molecular flexibility index (Phi) is 3.89. The lowest BCUT2D eigenvalue weighted by atomic mass is 10.2. The molecular weight excluding hydrogens is 372 g/mol. The molecule has 0 radical (unpaired) electrons. The van der Waals surface area contributed by atoms with Gasteiger partial charge in [0.05, 0.1) is 28.8 Å². The highest BCUT2D eigenvalue weighted by Crippen LogP contribution is 2.47. The summed E-state index contributed by atoms with van der Waals surface area (Å²) >= 11 is 6.27. The summed E-state index contributed by atoms with van der Waals surface area (Å²) in [4.78, 5) is 39.3. The number of primary amides is 1. The zero-order valence-electron chi connectivity index (χ0n) is 13.7. The van der Waals surface area contributed by atoms with Crippen molar-refractivity contribution in [3.63, 3.8) is 0 Å². The summed E-state index contributed by atoms with van der Waals surface area (Å²) in [7, 11) is 0. The van der Waals surface area contributed by atoms with Gasteiger partial charge in [0.1, 0.15) is 29.2 Å². The minimum Gasteiger partial charge on any atom is -0.383 e. The van der Waals surface area contributed by atoms with Crippen molar-refractivity contribution < 1.29 is 4.79 Å². The second-order valence-electron chi connectivity index (χ2n) is 5.71. The molecule has 0 saturated heterocycles. The van der Waals surface area contributed by atoms with Crippen LogP contribution in [0.2, 0.25) is 5.15 Å². The molecule has 27 heavy (non-hydrogen) atoms. The zero-order chi connectivity index (χ0) is 19.1. The smallest absolute Gasteiger partial charge is 0.345 e. The third-order valence-corrected chi connectivity index (χ3v) is 4.45. The molecule has 1 unspecified atom stereocenters.